The van der Waals surface area contributed by atoms with E-state index in [4.69, 9.17) is 0 Å². The van der Waals surface area contributed by atoms with Crippen molar-refractivity contribution >= 4 is 40.5 Å². The van der Waals surface area contributed by atoms with Crippen LogP contribution in [0.2, 0.25) is 0 Å². The molecule has 0 aliphatic carbocycles. The van der Waals surface area contributed by atoms with Crippen LogP contribution in [0.1, 0.15) is 47.0 Å². The van der Waals surface area contributed by atoms with Gasteiger partial charge in [-0.1, -0.05) is 63.6 Å². The minimum absolute atomic E-state index is 0.0162. The molecule has 0 saturated carbocycles. The van der Waals surface area contributed by atoms with Gasteiger partial charge in [-0.3, -0.25) is 14.4 Å². The summed E-state index contributed by atoms with van der Waals surface area (Å²) in [6.45, 7) is 17.1. The molecule has 8 atom stereocenters. The summed E-state index contributed by atoms with van der Waals surface area (Å²) in [5, 5.41) is 19.3. The molecular weight excluding hydrogens is 576 g/mol. The molecule has 5 rings (SSSR count). The minimum atomic E-state index is -0.845. The number of rotatable bonds is 14. The van der Waals surface area contributed by atoms with E-state index in [1.54, 1.807) is 38.4 Å². The molecule has 2 bridgehead atoms. The lowest BCUT2D eigenvalue weighted by Gasteiger charge is -2.43. The summed E-state index contributed by atoms with van der Waals surface area (Å²) in [5.74, 6) is -1.66. The zero-order valence-electron chi connectivity index (χ0n) is 26.3. The average molecular weight is 623 g/mol. The molecule has 3 fully saturated rings. The number of hydrogen-bond acceptors (Lipinski definition) is 7. The van der Waals surface area contributed by atoms with Crippen LogP contribution >= 0.6 is 11.8 Å². The number of carbonyl (C=O) groups is 3. The van der Waals surface area contributed by atoms with Crippen molar-refractivity contribution < 1.29 is 19.5 Å². The number of carbonyl (C=O) groups excluding carboxylic acids is 3. The van der Waals surface area contributed by atoms with Crippen molar-refractivity contribution in [2.75, 3.05) is 26.2 Å². The first-order chi connectivity index (χ1) is 21.2. The second-order valence-electron chi connectivity index (χ2n) is 12.6. The molecule has 11 heteroatoms. The van der Waals surface area contributed by atoms with Crippen LogP contribution in [0.4, 0.5) is 0 Å². The van der Waals surface area contributed by atoms with Crippen LogP contribution in [0.25, 0.3) is 11.0 Å². The second-order valence-corrected chi connectivity index (χ2v) is 14.1. The Bertz CT molecular complexity index is 1410. The van der Waals surface area contributed by atoms with E-state index < -0.39 is 28.7 Å². The predicted octanol–water partition coefficient (Wildman–Crippen LogP) is 3.57. The first-order valence-electron chi connectivity index (χ1n) is 15.9. The van der Waals surface area contributed by atoms with Crippen molar-refractivity contribution in [2.24, 2.45) is 23.7 Å². The Kier molecular flexibility index (Phi) is 9.55. The smallest absolute Gasteiger partial charge is 0.248 e. The van der Waals surface area contributed by atoms with Gasteiger partial charge in [0.2, 0.25) is 17.7 Å². The Morgan fingerprint density at radius 2 is 1.89 bits per heavy atom. The number of thioether (sulfide) groups is 1. The number of para-hydroxylation sites is 1. The highest BCUT2D eigenvalue weighted by atomic mass is 32.2. The lowest BCUT2D eigenvalue weighted by atomic mass is 9.65. The molecule has 44 heavy (non-hydrogen) atoms. The van der Waals surface area contributed by atoms with Crippen LogP contribution in [0, 0.1) is 23.7 Å². The van der Waals surface area contributed by atoms with Gasteiger partial charge in [0.25, 0.3) is 0 Å². The van der Waals surface area contributed by atoms with Gasteiger partial charge in [0.15, 0.2) is 0 Å². The third-order valence-electron chi connectivity index (χ3n) is 10.1. The Hall–Kier alpha value is -3.18. The van der Waals surface area contributed by atoms with Gasteiger partial charge in [0.05, 0.1) is 34.7 Å². The van der Waals surface area contributed by atoms with Gasteiger partial charge in [-0.15, -0.1) is 30.0 Å². The number of likely N-dealkylation sites (tertiary alicyclic amines) is 1. The van der Waals surface area contributed by atoms with Gasteiger partial charge < -0.3 is 19.8 Å². The van der Waals surface area contributed by atoms with Gasteiger partial charge in [0.1, 0.15) is 18.2 Å². The first kappa shape index (κ1) is 32.2. The van der Waals surface area contributed by atoms with Crippen LogP contribution in [0.5, 0.6) is 0 Å². The highest BCUT2D eigenvalue weighted by Gasteiger charge is 2.77. The maximum Gasteiger partial charge on any atom is 0.248 e. The number of fused-ring (bicyclic) bond motifs is 2. The van der Waals surface area contributed by atoms with Crippen LogP contribution in [0.15, 0.2) is 49.6 Å². The molecule has 3 unspecified atom stereocenters. The number of benzene rings is 1. The zero-order valence-corrected chi connectivity index (χ0v) is 27.2. The monoisotopic (exact) mass is 622 g/mol. The molecule has 2 aromatic rings. The average Bonchev–Trinajstić information content (AvgIpc) is 3.74. The number of amides is 3. The molecule has 3 aliphatic rings. The predicted molar refractivity (Wildman–Crippen MR) is 172 cm³/mol. The highest BCUT2D eigenvalue weighted by Crippen LogP contribution is 2.69. The van der Waals surface area contributed by atoms with Crippen molar-refractivity contribution in [3.05, 3.63) is 49.6 Å². The Balaban J connectivity index is 1.60. The molecule has 3 saturated heterocycles. The molecule has 10 nitrogen and oxygen atoms in total. The van der Waals surface area contributed by atoms with Gasteiger partial charge in [-0.2, -0.15) is 0 Å². The van der Waals surface area contributed by atoms with Gasteiger partial charge in [0, 0.05) is 24.9 Å². The topological polar surface area (TPSA) is 112 Å². The summed E-state index contributed by atoms with van der Waals surface area (Å²) < 4.78 is 0.897. The molecule has 3 amide bonds. The lowest BCUT2D eigenvalue weighted by Crippen LogP contribution is -2.60. The number of hydrogen-bond donors (Lipinski definition) is 1. The van der Waals surface area contributed by atoms with Crippen LogP contribution in [0.3, 0.4) is 0 Å². The van der Waals surface area contributed by atoms with E-state index in [0.717, 1.165) is 30.3 Å². The molecular formula is C33H46N6O4S. The Morgan fingerprint density at radius 1 is 1.18 bits per heavy atom. The molecule has 1 spiro atoms. The van der Waals surface area contributed by atoms with E-state index in [1.165, 1.54) is 0 Å². The number of aliphatic hydroxyl groups excluding tert-OH is 1. The van der Waals surface area contributed by atoms with Crippen LogP contribution in [-0.4, -0.2) is 101 Å². The molecule has 4 heterocycles. The molecule has 1 N–H and O–H groups in total. The molecule has 3 aliphatic heterocycles. The Labute approximate surface area is 264 Å². The summed E-state index contributed by atoms with van der Waals surface area (Å²) in [7, 11) is 0. The van der Waals surface area contributed by atoms with Crippen molar-refractivity contribution in [3.8, 4) is 0 Å². The summed E-state index contributed by atoms with van der Waals surface area (Å²) in [6.07, 6.45) is 5.68. The molecule has 238 valence electrons. The summed E-state index contributed by atoms with van der Waals surface area (Å²) in [4.78, 5) is 49.1. The maximum atomic E-state index is 15.0. The van der Waals surface area contributed by atoms with E-state index in [0.29, 0.717) is 13.1 Å². The summed E-state index contributed by atoms with van der Waals surface area (Å²) >= 11 is 1.66. The van der Waals surface area contributed by atoms with Crippen molar-refractivity contribution in [3.63, 3.8) is 0 Å². The van der Waals surface area contributed by atoms with E-state index in [1.807, 2.05) is 49.9 Å². The van der Waals surface area contributed by atoms with Gasteiger partial charge >= 0.3 is 0 Å². The van der Waals surface area contributed by atoms with E-state index in [-0.39, 0.29) is 54.6 Å². The first-order valence-corrected chi connectivity index (χ1v) is 16.8. The number of aromatic nitrogens is 3. The zero-order chi connectivity index (χ0) is 31.8. The standard InChI is InChI=1S/C33H46N6O4S/c1-7-15-36(16-8-2)30(41)27-26-18-22(6)33(44-26)28(27)31(42)39(25(19-40)21(5)10-4)29(33)32(43)37(17-9-3)20-38-24-14-12-11-13-23(24)34-35-38/h7,9,11-14,21-22,25-29,40H,1,3,8,10,15-20H2,2,4-6H3/t21-,22?,25-,26-,27+,28-,29?,33?/m0/s1. The third-order valence-corrected chi connectivity index (χ3v) is 12.2. The lowest BCUT2D eigenvalue weighted by molar-refractivity contribution is -0.148. The minimum Gasteiger partial charge on any atom is -0.394 e. The van der Waals surface area contributed by atoms with Crippen molar-refractivity contribution in [1.82, 2.24) is 29.7 Å². The Morgan fingerprint density at radius 3 is 2.55 bits per heavy atom. The SMILES string of the molecule is C=CCN(Cn1nnc2ccccc21)C(=O)C1N([C@@H](CO)[C@@H](C)CC)C(=O)[C@@H]2[C@H](C(=O)N(CC=C)CCC)[C@@H]3CC(C)C12S3. The highest BCUT2D eigenvalue weighted by molar-refractivity contribution is 8.02. The second kappa shape index (κ2) is 13.0. The molecule has 1 aromatic heterocycles. The maximum absolute atomic E-state index is 15.0. The molecule has 0 radical (unpaired) electrons. The molecule has 1 aromatic carbocycles. The van der Waals surface area contributed by atoms with Crippen molar-refractivity contribution in [1.29, 1.82) is 0 Å². The van der Waals surface area contributed by atoms with E-state index >= 15 is 0 Å². The third kappa shape index (κ3) is 5.05. The van der Waals surface area contributed by atoms with Gasteiger partial charge in [-0.25, -0.2) is 4.68 Å². The quantitative estimate of drug-likeness (QED) is 0.321. The summed E-state index contributed by atoms with van der Waals surface area (Å²) in [5.41, 5.74) is 1.52. The van der Waals surface area contributed by atoms with Crippen LogP contribution in [-0.2, 0) is 21.1 Å². The van der Waals surface area contributed by atoms with Crippen molar-refractivity contribution in [2.45, 2.75) is 75.7 Å². The number of aliphatic hydroxyl groups is 1. The van der Waals surface area contributed by atoms with E-state index in [9.17, 15) is 19.5 Å². The van der Waals surface area contributed by atoms with E-state index in [2.05, 4.69) is 30.4 Å². The van der Waals surface area contributed by atoms with Crippen LogP contribution < -0.4 is 0 Å². The normalized spacial score (nSPS) is 28.6. The number of nitrogens with zero attached hydrogens (tertiary/aromatic N) is 6. The fraction of sp³-hybridized carbons (Fsp3) is 0.606. The fourth-order valence-electron chi connectivity index (χ4n) is 7.85. The summed E-state index contributed by atoms with van der Waals surface area (Å²) in [6, 6.07) is 6.18. The fourth-order valence-corrected chi connectivity index (χ4v) is 10.2. The van der Waals surface area contributed by atoms with Gasteiger partial charge in [-0.05, 0) is 36.8 Å². The largest absolute Gasteiger partial charge is 0.394 e.